The van der Waals surface area contributed by atoms with Gasteiger partial charge < -0.3 is 14.4 Å². The number of carbonyl (C=O) groups is 2. The molecule has 1 aliphatic heterocycles. The highest BCUT2D eigenvalue weighted by Gasteiger charge is 2.27. The fourth-order valence-electron chi connectivity index (χ4n) is 3.39. The SMILES string of the molecule is CC(C)c1nccn1C(C)C(=O)N1CCCN(C(=O)c2cnccn2)CC1. The fourth-order valence-corrected chi connectivity index (χ4v) is 3.39. The summed E-state index contributed by atoms with van der Waals surface area (Å²) in [7, 11) is 0. The summed E-state index contributed by atoms with van der Waals surface area (Å²) in [5.74, 6) is 1.08. The lowest BCUT2D eigenvalue weighted by atomic mass is 10.2. The van der Waals surface area contributed by atoms with E-state index in [1.807, 2.05) is 22.6 Å². The van der Waals surface area contributed by atoms with E-state index >= 15 is 0 Å². The van der Waals surface area contributed by atoms with Crippen LogP contribution in [0.5, 0.6) is 0 Å². The lowest BCUT2D eigenvalue weighted by Gasteiger charge is -2.26. The van der Waals surface area contributed by atoms with Crippen LogP contribution in [0.4, 0.5) is 0 Å². The molecule has 0 aliphatic carbocycles. The number of carbonyl (C=O) groups excluding carboxylic acids is 2. The minimum absolute atomic E-state index is 0.0590. The van der Waals surface area contributed by atoms with Crippen LogP contribution in [0.2, 0.25) is 0 Å². The van der Waals surface area contributed by atoms with Gasteiger partial charge in [0.2, 0.25) is 5.91 Å². The molecule has 2 amide bonds. The second-order valence-corrected chi connectivity index (χ2v) is 7.09. The van der Waals surface area contributed by atoms with Crippen LogP contribution < -0.4 is 0 Å². The molecule has 8 nitrogen and oxygen atoms in total. The summed E-state index contributed by atoms with van der Waals surface area (Å²) in [4.78, 5) is 41.6. The highest BCUT2D eigenvalue weighted by Crippen LogP contribution is 2.20. The van der Waals surface area contributed by atoms with Crippen molar-refractivity contribution in [2.45, 2.75) is 39.2 Å². The first kappa shape index (κ1) is 19.0. The molecular weight excluding hydrogens is 344 g/mol. The van der Waals surface area contributed by atoms with Crippen molar-refractivity contribution in [2.24, 2.45) is 0 Å². The van der Waals surface area contributed by atoms with E-state index in [4.69, 9.17) is 0 Å². The topological polar surface area (TPSA) is 84.2 Å². The van der Waals surface area contributed by atoms with Crippen molar-refractivity contribution >= 4 is 11.8 Å². The van der Waals surface area contributed by atoms with E-state index in [0.717, 1.165) is 12.2 Å². The van der Waals surface area contributed by atoms with Crippen LogP contribution >= 0.6 is 0 Å². The van der Waals surface area contributed by atoms with Gasteiger partial charge in [-0.15, -0.1) is 0 Å². The Morgan fingerprint density at radius 3 is 2.41 bits per heavy atom. The number of amides is 2. The molecule has 8 heteroatoms. The summed E-state index contributed by atoms with van der Waals surface area (Å²) in [5, 5.41) is 0. The van der Waals surface area contributed by atoms with E-state index in [1.165, 1.54) is 12.4 Å². The Bertz CT molecular complexity index is 789. The number of hydrogen-bond acceptors (Lipinski definition) is 5. The Morgan fingerprint density at radius 2 is 1.70 bits per heavy atom. The Balaban J connectivity index is 1.66. The molecule has 3 rings (SSSR count). The van der Waals surface area contributed by atoms with Crippen molar-refractivity contribution in [2.75, 3.05) is 26.2 Å². The molecule has 2 aromatic heterocycles. The van der Waals surface area contributed by atoms with Gasteiger partial charge in [-0.25, -0.2) is 9.97 Å². The van der Waals surface area contributed by atoms with E-state index < -0.39 is 0 Å². The second kappa shape index (κ2) is 8.28. The van der Waals surface area contributed by atoms with Crippen molar-refractivity contribution in [3.63, 3.8) is 0 Å². The van der Waals surface area contributed by atoms with E-state index in [1.54, 1.807) is 17.3 Å². The van der Waals surface area contributed by atoms with Crippen LogP contribution in [0, 0.1) is 0 Å². The molecule has 1 aliphatic rings. The summed E-state index contributed by atoms with van der Waals surface area (Å²) < 4.78 is 1.94. The van der Waals surface area contributed by atoms with E-state index in [2.05, 4.69) is 28.8 Å². The number of rotatable bonds is 4. The molecule has 0 spiro atoms. The standard InChI is InChI=1S/C19H26N6O2/c1-14(2)17-22-7-10-25(17)15(3)18(26)23-8-4-9-24(12-11-23)19(27)16-13-20-5-6-21-16/h5-7,10,13-15H,4,8-9,11-12H2,1-3H3. The second-order valence-electron chi connectivity index (χ2n) is 7.09. The maximum Gasteiger partial charge on any atom is 0.274 e. The molecule has 1 unspecified atom stereocenters. The van der Waals surface area contributed by atoms with Crippen LogP contribution in [-0.4, -0.2) is 67.3 Å². The third-order valence-corrected chi connectivity index (χ3v) is 4.87. The van der Waals surface area contributed by atoms with Crippen LogP contribution in [0.3, 0.4) is 0 Å². The third kappa shape index (κ3) is 4.15. The highest BCUT2D eigenvalue weighted by atomic mass is 16.2. The summed E-state index contributed by atoms with van der Waals surface area (Å²) in [5.41, 5.74) is 0.339. The van der Waals surface area contributed by atoms with Crippen LogP contribution in [0.1, 0.15) is 55.5 Å². The summed E-state index contributed by atoms with van der Waals surface area (Å²) in [6, 6.07) is -0.313. The zero-order valence-corrected chi connectivity index (χ0v) is 16.1. The van der Waals surface area contributed by atoms with Gasteiger partial charge in [-0.3, -0.25) is 14.6 Å². The molecule has 0 aromatic carbocycles. The first-order valence-electron chi connectivity index (χ1n) is 9.36. The first-order chi connectivity index (χ1) is 13.0. The van der Waals surface area contributed by atoms with E-state index in [0.29, 0.717) is 31.9 Å². The van der Waals surface area contributed by atoms with Gasteiger partial charge in [0.25, 0.3) is 5.91 Å². The molecule has 2 aromatic rings. The summed E-state index contributed by atoms with van der Waals surface area (Å²) in [6.45, 7) is 8.30. The molecule has 1 atom stereocenters. The lowest BCUT2D eigenvalue weighted by Crippen LogP contribution is -2.40. The Hall–Kier alpha value is -2.77. The molecule has 0 N–H and O–H groups in total. The predicted molar refractivity (Wildman–Crippen MR) is 100 cm³/mol. The number of hydrogen-bond donors (Lipinski definition) is 0. The third-order valence-electron chi connectivity index (χ3n) is 4.87. The predicted octanol–water partition coefficient (Wildman–Crippen LogP) is 1.73. The summed E-state index contributed by atoms with van der Waals surface area (Å²) in [6.07, 6.45) is 8.88. The molecule has 0 saturated carbocycles. The first-order valence-corrected chi connectivity index (χ1v) is 9.36. The van der Waals surface area contributed by atoms with Gasteiger partial charge in [0, 0.05) is 56.9 Å². The fraction of sp³-hybridized carbons (Fsp3) is 0.526. The zero-order valence-electron chi connectivity index (χ0n) is 16.1. The maximum absolute atomic E-state index is 13.0. The van der Waals surface area contributed by atoms with Gasteiger partial charge in [-0.2, -0.15) is 0 Å². The van der Waals surface area contributed by atoms with Crippen LogP contribution in [-0.2, 0) is 4.79 Å². The van der Waals surface area contributed by atoms with Gasteiger partial charge in [-0.05, 0) is 13.3 Å². The molecule has 1 fully saturated rings. The Labute approximate surface area is 159 Å². The minimum atomic E-state index is -0.313. The van der Waals surface area contributed by atoms with Gasteiger partial charge in [0.05, 0.1) is 6.20 Å². The van der Waals surface area contributed by atoms with Gasteiger partial charge in [-0.1, -0.05) is 13.8 Å². The Kier molecular flexibility index (Phi) is 5.83. The molecule has 0 radical (unpaired) electrons. The molecule has 144 valence electrons. The number of aromatic nitrogens is 4. The smallest absolute Gasteiger partial charge is 0.274 e. The van der Waals surface area contributed by atoms with Crippen molar-refractivity contribution in [3.05, 3.63) is 42.5 Å². The van der Waals surface area contributed by atoms with Crippen LogP contribution in [0.25, 0.3) is 0 Å². The average Bonchev–Trinajstić information content (AvgIpc) is 3.05. The van der Waals surface area contributed by atoms with E-state index in [-0.39, 0.29) is 23.8 Å². The van der Waals surface area contributed by atoms with Crippen LogP contribution in [0.15, 0.2) is 31.0 Å². The van der Waals surface area contributed by atoms with Gasteiger partial charge in [0.15, 0.2) is 0 Å². The van der Waals surface area contributed by atoms with Gasteiger partial charge in [0.1, 0.15) is 17.6 Å². The highest BCUT2D eigenvalue weighted by molar-refractivity contribution is 5.92. The minimum Gasteiger partial charge on any atom is -0.339 e. The number of nitrogens with zero attached hydrogens (tertiary/aromatic N) is 6. The molecule has 0 bridgehead atoms. The van der Waals surface area contributed by atoms with Gasteiger partial charge >= 0.3 is 0 Å². The Morgan fingerprint density at radius 1 is 0.963 bits per heavy atom. The van der Waals surface area contributed by atoms with Crippen molar-refractivity contribution in [1.29, 1.82) is 0 Å². The normalized spacial score (nSPS) is 16.3. The van der Waals surface area contributed by atoms with Crippen molar-refractivity contribution < 1.29 is 9.59 Å². The average molecular weight is 370 g/mol. The molecule has 1 saturated heterocycles. The zero-order chi connectivity index (χ0) is 19.4. The van der Waals surface area contributed by atoms with Crippen molar-refractivity contribution in [1.82, 2.24) is 29.3 Å². The molecular formula is C19H26N6O2. The van der Waals surface area contributed by atoms with E-state index in [9.17, 15) is 9.59 Å². The monoisotopic (exact) mass is 370 g/mol. The molecule has 3 heterocycles. The summed E-state index contributed by atoms with van der Waals surface area (Å²) >= 11 is 0. The maximum atomic E-state index is 13.0. The molecule has 27 heavy (non-hydrogen) atoms. The quantitative estimate of drug-likeness (QED) is 0.818. The lowest BCUT2D eigenvalue weighted by molar-refractivity contribution is -0.134. The number of imidazole rings is 1. The van der Waals surface area contributed by atoms with Crippen molar-refractivity contribution in [3.8, 4) is 0 Å². The largest absolute Gasteiger partial charge is 0.339 e.